The van der Waals surface area contributed by atoms with E-state index in [2.05, 4.69) is 10.3 Å². The van der Waals surface area contributed by atoms with Crippen molar-refractivity contribution in [3.05, 3.63) is 86.0 Å². The minimum atomic E-state index is -0.842. The van der Waals surface area contributed by atoms with Crippen molar-refractivity contribution in [1.29, 1.82) is 5.41 Å². The summed E-state index contributed by atoms with van der Waals surface area (Å²) < 4.78 is 0. The summed E-state index contributed by atoms with van der Waals surface area (Å²) in [4.78, 5) is 26.9. The normalized spacial score (nSPS) is 20.9. The molecule has 0 saturated heterocycles. The second kappa shape index (κ2) is 8.49. The molecule has 7 nitrogen and oxygen atoms in total. The van der Waals surface area contributed by atoms with Gasteiger partial charge in [0.05, 0.1) is 27.4 Å². The summed E-state index contributed by atoms with van der Waals surface area (Å²) in [5.74, 6) is -0.558. The average molecular weight is 437 g/mol. The fourth-order valence-corrected chi connectivity index (χ4v) is 4.84. The summed E-state index contributed by atoms with van der Waals surface area (Å²) >= 11 is 1.15. The molecule has 0 unspecified atom stereocenters. The van der Waals surface area contributed by atoms with Gasteiger partial charge in [0.15, 0.2) is 0 Å². The molecule has 0 radical (unpaired) electrons. The van der Waals surface area contributed by atoms with Crippen LogP contribution in [0, 0.1) is 5.41 Å². The quantitative estimate of drug-likeness (QED) is 0.380. The lowest BCUT2D eigenvalue weighted by atomic mass is 9.77. The lowest BCUT2D eigenvalue weighted by Crippen LogP contribution is -2.37. The highest BCUT2D eigenvalue weighted by molar-refractivity contribution is 7.12. The van der Waals surface area contributed by atoms with E-state index in [9.17, 15) is 14.7 Å². The zero-order valence-corrected chi connectivity index (χ0v) is 17.7. The van der Waals surface area contributed by atoms with E-state index in [0.717, 1.165) is 29.7 Å². The molecule has 31 heavy (non-hydrogen) atoms. The number of benzene rings is 1. The Morgan fingerprint density at radius 1 is 1.23 bits per heavy atom. The van der Waals surface area contributed by atoms with Gasteiger partial charge in [0.2, 0.25) is 0 Å². The van der Waals surface area contributed by atoms with Gasteiger partial charge in [-0.1, -0.05) is 30.3 Å². The predicted octanol–water partition coefficient (Wildman–Crippen LogP) is 3.19. The van der Waals surface area contributed by atoms with Crippen molar-refractivity contribution < 1.29 is 9.90 Å². The molecular formula is C23H24N4O3S. The number of rotatable bonds is 6. The summed E-state index contributed by atoms with van der Waals surface area (Å²) in [6.45, 7) is 0. The molecular weight excluding hydrogens is 412 g/mol. The molecule has 4 rings (SSSR count). The molecule has 6 N–H and O–H groups in total. The highest BCUT2D eigenvalue weighted by atomic mass is 32.1. The zero-order valence-electron chi connectivity index (χ0n) is 16.9. The first-order valence-electron chi connectivity index (χ1n) is 10.1. The summed E-state index contributed by atoms with van der Waals surface area (Å²) in [6, 6.07) is 13.0. The smallest absolute Gasteiger partial charge is 0.259 e. The van der Waals surface area contributed by atoms with Crippen LogP contribution in [0.5, 0.6) is 0 Å². The Balaban J connectivity index is 1.52. The minimum Gasteiger partial charge on any atom is -0.385 e. The van der Waals surface area contributed by atoms with Crippen LogP contribution >= 0.6 is 11.3 Å². The maximum absolute atomic E-state index is 12.6. The molecule has 0 bridgehead atoms. The van der Waals surface area contributed by atoms with Crippen molar-refractivity contribution in [3.63, 3.8) is 0 Å². The van der Waals surface area contributed by atoms with Gasteiger partial charge in [-0.15, -0.1) is 11.3 Å². The van der Waals surface area contributed by atoms with Crippen molar-refractivity contribution >= 4 is 28.6 Å². The number of anilines is 1. The number of aliphatic hydroxyl groups is 1. The molecule has 3 aromatic rings. The van der Waals surface area contributed by atoms with E-state index in [1.165, 1.54) is 6.07 Å². The van der Waals surface area contributed by atoms with E-state index in [0.29, 0.717) is 29.0 Å². The van der Waals surface area contributed by atoms with E-state index >= 15 is 0 Å². The largest absolute Gasteiger partial charge is 0.385 e. The molecule has 2 heterocycles. The number of aromatic amines is 1. The fourth-order valence-electron chi connectivity index (χ4n) is 4.08. The van der Waals surface area contributed by atoms with Crippen molar-refractivity contribution in [2.45, 2.75) is 37.3 Å². The number of primary amides is 1. The van der Waals surface area contributed by atoms with Gasteiger partial charge in [0, 0.05) is 23.2 Å². The van der Waals surface area contributed by atoms with Crippen LogP contribution in [-0.2, 0) is 5.60 Å². The maximum Gasteiger partial charge on any atom is 0.259 e. The highest BCUT2D eigenvalue weighted by Crippen LogP contribution is 2.38. The van der Waals surface area contributed by atoms with Crippen molar-refractivity contribution in [3.8, 4) is 0 Å². The molecule has 1 aliphatic carbocycles. The number of H-pyrrole nitrogens is 1. The monoisotopic (exact) mass is 436 g/mol. The Morgan fingerprint density at radius 3 is 2.58 bits per heavy atom. The summed E-state index contributed by atoms with van der Waals surface area (Å²) in [5, 5.41) is 24.7. The second-order valence-electron chi connectivity index (χ2n) is 7.85. The van der Waals surface area contributed by atoms with Gasteiger partial charge in [0.25, 0.3) is 11.5 Å². The first kappa shape index (κ1) is 21.0. The molecule has 1 amide bonds. The van der Waals surface area contributed by atoms with Crippen LogP contribution in [0.2, 0.25) is 0 Å². The molecule has 0 spiro atoms. The van der Waals surface area contributed by atoms with Crippen molar-refractivity contribution in [2.24, 2.45) is 5.73 Å². The third-order valence-electron chi connectivity index (χ3n) is 5.83. The van der Waals surface area contributed by atoms with Gasteiger partial charge in [-0.2, -0.15) is 0 Å². The van der Waals surface area contributed by atoms with Gasteiger partial charge in [-0.05, 0) is 43.4 Å². The van der Waals surface area contributed by atoms with Crippen LogP contribution in [0.1, 0.15) is 52.0 Å². The van der Waals surface area contributed by atoms with Crippen LogP contribution in [0.3, 0.4) is 0 Å². The molecule has 0 atom stereocenters. The average Bonchev–Trinajstić information content (AvgIpc) is 3.27. The lowest BCUT2D eigenvalue weighted by Gasteiger charge is -2.37. The van der Waals surface area contributed by atoms with E-state index in [4.69, 9.17) is 11.1 Å². The summed E-state index contributed by atoms with van der Waals surface area (Å²) in [7, 11) is 0. The summed E-state index contributed by atoms with van der Waals surface area (Å²) in [5.41, 5.74) is 6.31. The first-order valence-corrected chi connectivity index (χ1v) is 11.0. The van der Waals surface area contributed by atoms with Crippen molar-refractivity contribution in [2.75, 3.05) is 5.32 Å². The molecule has 0 aliphatic heterocycles. The number of hydrogen-bond acceptors (Lipinski definition) is 6. The van der Waals surface area contributed by atoms with Crippen LogP contribution in [0.25, 0.3) is 0 Å². The van der Waals surface area contributed by atoms with Gasteiger partial charge in [-0.3, -0.25) is 15.0 Å². The van der Waals surface area contributed by atoms with Crippen LogP contribution in [0.4, 0.5) is 5.69 Å². The number of hydrogen-bond donors (Lipinski definition) is 5. The third kappa shape index (κ3) is 4.30. The Bertz CT molecular complexity index is 1160. The molecule has 1 aliphatic rings. The highest BCUT2D eigenvalue weighted by Gasteiger charge is 2.35. The standard InChI is InChI=1S/C23H24N4O3S/c24-20(14-12-18(21(25)28)31-13-14)19-17(8-11-26-22(19)29)27-16-6-9-23(30,10-7-16)15-4-2-1-3-5-15/h1-5,8,11-13,16,24,30H,6-7,9-10H2,(H2,25,28)(H2,26,27,29). The van der Waals surface area contributed by atoms with Gasteiger partial charge < -0.3 is 21.1 Å². The number of pyridine rings is 1. The topological polar surface area (TPSA) is 132 Å². The lowest BCUT2D eigenvalue weighted by molar-refractivity contribution is -0.00331. The molecule has 1 aromatic carbocycles. The van der Waals surface area contributed by atoms with Crippen LogP contribution in [0.15, 0.2) is 58.8 Å². The Hall–Kier alpha value is -3.23. The summed E-state index contributed by atoms with van der Waals surface area (Å²) in [6.07, 6.45) is 4.23. The molecule has 1 saturated carbocycles. The van der Waals surface area contributed by atoms with Crippen LogP contribution < -0.4 is 16.6 Å². The van der Waals surface area contributed by atoms with Gasteiger partial charge in [-0.25, -0.2) is 0 Å². The van der Waals surface area contributed by atoms with Gasteiger partial charge >= 0.3 is 0 Å². The van der Waals surface area contributed by atoms with Gasteiger partial charge in [0.1, 0.15) is 0 Å². The second-order valence-corrected chi connectivity index (χ2v) is 8.76. The molecule has 8 heteroatoms. The van der Waals surface area contributed by atoms with Crippen LogP contribution in [-0.4, -0.2) is 27.8 Å². The van der Waals surface area contributed by atoms with Crippen molar-refractivity contribution in [1.82, 2.24) is 4.98 Å². The molecule has 1 fully saturated rings. The number of nitrogens with two attached hydrogens (primary N) is 1. The number of carbonyl (C=O) groups excluding carboxylic acids is 1. The number of thiophene rings is 1. The van der Waals surface area contributed by atoms with E-state index in [-0.39, 0.29) is 22.9 Å². The number of carbonyl (C=O) groups is 1. The number of nitrogens with one attached hydrogen (secondary N) is 3. The number of amides is 1. The predicted molar refractivity (Wildman–Crippen MR) is 122 cm³/mol. The van der Waals surface area contributed by atoms with E-state index < -0.39 is 11.5 Å². The fraction of sp³-hybridized carbons (Fsp3) is 0.261. The Kier molecular flexibility index (Phi) is 5.75. The maximum atomic E-state index is 12.6. The van der Waals surface area contributed by atoms with E-state index in [1.807, 2.05) is 30.3 Å². The Morgan fingerprint density at radius 2 is 1.94 bits per heavy atom. The third-order valence-corrected chi connectivity index (χ3v) is 6.77. The Labute approximate surface area is 183 Å². The first-order chi connectivity index (χ1) is 14.9. The number of aromatic nitrogens is 1. The SMILES string of the molecule is N=C(c1csc(C(N)=O)c1)c1c(NC2CCC(O)(c3ccccc3)CC2)cc[nH]c1=O. The minimum absolute atomic E-state index is 0.0321. The zero-order chi connectivity index (χ0) is 22.0. The van der Waals surface area contributed by atoms with E-state index in [1.54, 1.807) is 17.6 Å². The molecule has 2 aromatic heterocycles. The molecule has 160 valence electrons.